The predicted molar refractivity (Wildman–Crippen MR) is 113 cm³/mol. The van der Waals surface area contributed by atoms with Gasteiger partial charge in [-0.25, -0.2) is 0 Å². The van der Waals surface area contributed by atoms with E-state index in [2.05, 4.69) is 0 Å². The number of anilines is 1. The molecule has 0 unspecified atom stereocenters. The number of hydrogen-bond donors (Lipinski definition) is 1. The van der Waals surface area contributed by atoms with Crippen LogP contribution in [0.4, 0.5) is 5.69 Å². The van der Waals surface area contributed by atoms with E-state index in [1.54, 1.807) is 47.4 Å². The zero-order chi connectivity index (χ0) is 20.4. The van der Waals surface area contributed by atoms with Gasteiger partial charge in [0.1, 0.15) is 0 Å². The van der Waals surface area contributed by atoms with Crippen molar-refractivity contribution in [2.24, 2.45) is 0 Å². The number of Topliss-reactive ketones (excluding diaryl/α,β-unsaturated/α-hetero) is 1. The van der Waals surface area contributed by atoms with Crippen molar-refractivity contribution in [2.75, 3.05) is 11.4 Å². The standard InChI is InChI=1S/C24H20ClNO3/c25-19-11-12-21-20(15-19)24(29,16-22(27)18-9-5-2-6-10-18)23(28)26(21)14-13-17-7-3-1-4-8-17/h1-12,15,29H,13-14,16H2/t24-/m1/s1. The molecular weight excluding hydrogens is 386 g/mol. The van der Waals surface area contributed by atoms with Crippen molar-refractivity contribution in [3.63, 3.8) is 0 Å². The summed E-state index contributed by atoms with van der Waals surface area (Å²) in [7, 11) is 0. The molecule has 1 heterocycles. The molecule has 0 saturated carbocycles. The Morgan fingerprint density at radius 1 is 0.966 bits per heavy atom. The number of halogens is 1. The largest absolute Gasteiger partial charge is 0.375 e. The number of nitrogens with zero attached hydrogens (tertiary/aromatic N) is 1. The van der Waals surface area contributed by atoms with Crippen LogP contribution in [0.2, 0.25) is 5.02 Å². The molecule has 1 atom stereocenters. The second-order valence-corrected chi connectivity index (χ2v) is 7.62. The van der Waals surface area contributed by atoms with Crippen molar-refractivity contribution in [1.29, 1.82) is 0 Å². The number of rotatable bonds is 6. The van der Waals surface area contributed by atoms with Gasteiger partial charge < -0.3 is 10.0 Å². The van der Waals surface area contributed by atoms with Crippen LogP contribution in [0, 0.1) is 0 Å². The predicted octanol–water partition coefficient (Wildman–Crippen LogP) is 4.39. The van der Waals surface area contributed by atoms with E-state index in [0.717, 1.165) is 5.56 Å². The monoisotopic (exact) mass is 405 g/mol. The molecule has 5 heteroatoms. The number of carbonyl (C=O) groups is 2. The van der Waals surface area contributed by atoms with Gasteiger partial charge in [-0.2, -0.15) is 0 Å². The van der Waals surface area contributed by atoms with Gasteiger partial charge >= 0.3 is 0 Å². The van der Waals surface area contributed by atoms with E-state index in [1.807, 2.05) is 36.4 Å². The number of carbonyl (C=O) groups excluding carboxylic acids is 2. The smallest absolute Gasteiger partial charge is 0.264 e. The van der Waals surface area contributed by atoms with Gasteiger partial charge in [0.15, 0.2) is 11.4 Å². The Hall–Kier alpha value is -2.95. The van der Waals surface area contributed by atoms with E-state index >= 15 is 0 Å². The maximum absolute atomic E-state index is 13.3. The Bertz CT molecular complexity index is 1050. The first-order valence-corrected chi connectivity index (χ1v) is 9.83. The van der Waals surface area contributed by atoms with Gasteiger partial charge in [-0.15, -0.1) is 0 Å². The van der Waals surface area contributed by atoms with E-state index in [9.17, 15) is 14.7 Å². The van der Waals surface area contributed by atoms with Crippen LogP contribution in [0.15, 0.2) is 78.9 Å². The summed E-state index contributed by atoms with van der Waals surface area (Å²) in [6, 6.07) is 23.5. The Morgan fingerprint density at radius 2 is 1.62 bits per heavy atom. The average Bonchev–Trinajstić information content (AvgIpc) is 2.94. The van der Waals surface area contributed by atoms with E-state index in [1.165, 1.54) is 0 Å². The molecule has 0 fully saturated rings. The number of amides is 1. The van der Waals surface area contributed by atoms with E-state index < -0.39 is 11.5 Å². The van der Waals surface area contributed by atoms with Crippen LogP contribution in [-0.2, 0) is 16.8 Å². The molecule has 3 aromatic carbocycles. The van der Waals surface area contributed by atoms with Gasteiger partial charge in [0, 0.05) is 22.7 Å². The fourth-order valence-electron chi connectivity index (χ4n) is 3.76. The van der Waals surface area contributed by atoms with Gasteiger partial charge in [-0.05, 0) is 30.2 Å². The van der Waals surface area contributed by atoms with Gasteiger partial charge in [-0.1, -0.05) is 72.3 Å². The zero-order valence-corrected chi connectivity index (χ0v) is 16.5. The summed E-state index contributed by atoms with van der Waals surface area (Å²) in [5, 5.41) is 11.8. The highest BCUT2D eigenvalue weighted by molar-refractivity contribution is 6.31. The third-order valence-corrected chi connectivity index (χ3v) is 5.51. The number of benzene rings is 3. The molecule has 1 aliphatic rings. The van der Waals surface area contributed by atoms with Crippen LogP contribution in [-0.4, -0.2) is 23.3 Å². The quantitative estimate of drug-likeness (QED) is 0.619. The number of aliphatic hydroxyl groups is 1. The summed E-state index contributed by atoms with van der Waals surface area (Å²) in [5.74, 6) is -0.785. The third kappa shape index (κ3) is 3.69. The van der Waals surface area contributed by atoms with Gasteiger partial charge in [-0.3, -0.25) is 9.59 Å². The van der Waals surface area contributed by atoms with Gasteiger partial charge in [0.05, 0.1) is 12.1 Å². The number of hydrogen-bond acceptors (Lipinski definition) is 3. The minimum Gasteiger partial charge on any atom is -0.375 e. The van der Waals surface area contributed by atoms with Crippen LogP contribution < -0.4 is 4.90 Å². The molecule has 0 aliphatic carbocycles. The average molecular weight is 406 g/mol. The summed E-state index contributed by atoms with van der Waals surface area (Å²) in [6.45, 7) is 0.402. The normalized spacial score (nSPS) is 18.0. The van der Waals surface area contributed by atoms with Crippen molar-refractivity contribution in [3.05, 3.63) is 101 Å². The first-order valence-electron chi connectivity index (χ1n) is 9.45. The highest BCUT2D eigenvalue weighted by Gasteiger charge is 2.50. The molecule has 0 saturated heterocycles. The molecule has 0 aromatic heterocycles. The molecule has 0 radical (unpaired) electrons. The summed E-state index contributed by atoms with van der Waals surface area (Å²) in [6.07, 6.45) is 0.308. The molecule has 1 N–H and O–H groups in total. The second-order valence-electron chi connectivity index (χ2n) is 7.18. The molecule has 4 nitrogen and oxygen atoms in total. The lowest BCUT2D eigenvalue weighted by Gasteiger charge is -2.23. The fraction of sp³-hybridized carbons (Fsp3) is 0.167. The first-order chi connectivity index (χ1) is 14.0. The van der Waals surface area contributed by atoms with Gasteiger partial charge in [0.25, 0.3) is 5.91 Å². The van der Waals surface area contributed by atoms with E-state index in [0.29, 0.717) is 34.8 Å². The van der Waals surface area contributed by atoms with E-state index in [-0.39, 0.29) is 12.2 Å². The van der Waals surface area contributed by atoms with E-state index in [4.69, 9.17) is 11.6 Å². The number of fused-ring (bicyclic) bond motifs is 1. The van der Waals surface area contributed by atoms with Crippen molar-refractivity contribution in [3.8, 4) is 0 Å². The molecule has 1 aliphatic heterocycles. The lowest BCUT2D eigenvalue weighted by molar-refractivity contribution is -0.135. The maximum atomic E-state index is 13.3. The zero-order valence-electron chi connectivity index (χ0n) is 15.7. The van der Waals surface area contributed by atoms with Crippen molar-refractivity contribution < 1.29 is 14.7 Å². The SMILES string of the molecule is O=C(C[C@]1(O)C(=O)N(CCc2ccccc2)c2ccc(Cl)cc21)c1ccccc1. The van der Waals surface area contributed by atoms with Crippen LogP contribution in [0.25, 0.3) is 0 Å². The maximum Gasteiger partial charge on any atom is 0.264 e. The van der Waals surface area contributed by atoms with Crippen LogP contribution >= 0.6 is 11.6 Å². The topological polar surface area (TPSA) is 57.6 Å². The van der Waals surface area contributed by atoms with Crippen LogP contribution in [0.3, 0.4) is 0 Å². The molecule has 1 amide bonds. The van der Waals surface area contributed by atoms with Crippen molar-refractivity contribution >= 4 is 29.0 Å². The fourth-order valence-corrected chi connectivity index (χ4v) is 3.93. The first kappa shape index (κ1) is 19.4. The number of ketones is 1. The van der Waals surface area contributed by atoms with Crippen LogP contribution in [0.5, 0.6) is 0 Å². The van der Waals surface area contributed by atoms with Crippen LogP contribution in [0.1, 0.15) is 27.9 Å². The Labute approximate surface area is 174 Å². The molecule has 4 rings (SSSR count). The lowest BCUT2D eigenvalue weighted by Crippen LogP contribution is -2.42. The highest BCUT2D eigenvalue weighted by Crippen LogP contribution is 2.44. The summed E-state index contributed by atoms with van der Waals surface area (Å²) < 4.78 is 0. The molecule has 29 heavy (non-hydrogen) atoms. The Morgan fingerprint density at radius 3 is 2.31 bits per heavy atom. The summed E-state index contributed by atoms with van der Waals surface area (Å²) >= 11 is 6.15. The van der Waals surface area contributed by atoms with Crippen molar-refractivity contribution in [1.82, 2.24) is 0 Å². The minimum atomic E-state index is -1.93. The van der Waals surface area contributed by atoms with Crippen molar-refractivity contribution in [2.45, 2.75) is 18.4 Å². The third-order valence-electron chi connectivity index (χ3n) is 5.27. The Balaban J connectivity index is 1.65. The minimum absolute atomic E-state index is 0.294. The summed E-state index contributed by atoms with van der Waals surface area (Å²) in [5.41, 5.74) is 0.599. The molecule has 0 spiro atoms. The molecule has 0 bridgehead atoms. The second kappa shape index (κ2) is 7.82. The molecular formula is C24H20ClNO3. The van der Waals surface area contributed by atoms with Gasteiger partial charge in [0.2, 0.25) is 0 Å². The highest BCUT2D eigenvalue weighted by atomic mass is 35.5. The molecule has 3 aromatic rings. The summed E-state index contributed by atoms with van der Waals surface area (Å²) in [4.78, 5) is 27.6. The molecule has 146 valence electrons. The Kier molecular flexibility index (Phi) is 5.22. The lowest BCUT2D eigenvalue weighted by atomic mass is 9.88.